The molecule has 0 radical (unpaired) electrons. The van der Waals surface area contributed by atoms with E-state index in [0.717, 1.165) is 30.5 Å². The lowest BCUT2D eigenvalue weighted by molar-refractivity contribution is 0.200. The zero-order valence-corrected chi connectivity index (χ0v) is 15.1. The maximum Gasteiger partial charge on any atom is 0.411 e. The average Bonchev–Trinajstić information content (AvgIpc) is 3.00. The summed E-state index contributed by atoms with van der Waals surface area (Å²) in [6.45, 7) is 1.58. The summed E-state index contributed by atoms with van der Waals surface area (Å²) < 4.78 is 0. The van der Waals surface area contributed by atoms with Crippen LogP contribution >= 0.6 is 11.6 Å². The number of amides is 1. The molecule has 1 atom stereocenters. The number of para-hydroxylation sites is 1. The van der Waals surface area contributed by atoms with Gasteiger partial charge in [-0.3, -0.25) is 4.90 Å². The highest BCUT2D eigenvalue weighted by Crippen LogP contribution is 2.33. The number of anilines is 1. The van der Waals surface area contributed by atoms with Crippen LogP contribution in [0, 0.1) is 0 Å². The second kappa shape index (κ2) is 7.89. The lowest BCUT2D eigenvalue weighted by Crippen LogP contribution is -2.35. The molecule has 1 N–H and O–H groups in total. The fourth-order valence-corrected chi connectivity index (χ4v) is 3.74. The van der Waals surface area contributed by atoms with Crippen LogP contribution in [0.3, 0.4) is 0 Å². The van der Waals surface area contributed by atoms with E-state index in [9.17, 15) is 9.90 Å². The third-order valence-electron chi connectivity index (χ3n) is 4.92. The Morgan fingerprint density at radius 2 is 2.08 bits per heavy atom. The van der Waals surface area contributed by atoms with E-state index in [1.807, 2.05) is 48.5 Å². The molecule has 1 amide bonds. The molecule has 1 fully saturated rings. The zero-order valence-electron chi connectivity index (χ0n) is 14.4. The van der Waals surface area contributed by atoms with Gasteiger partial charge < -0.3 is 10.0 Å². The fourth-order valence-electron chi connectivity index (χ4n) is 3.55. The van der Waals surface area contributed by atoms with Gasteiger partial charge in [-0.25, -0.2) is 4.79 Å². The Kier molecular flexibility index (Phi) is 5.61. The van der Waals surface area contributed by atoms with Gasteiger partial charge in [0.15, 0.2) is 0 Å². The fraction of sp³-hybridized carbons (Fsp3) is 0.350. The number of likely N-dealkylation sites (tertiary alicyclic amines) is 1. The van der Waals surface area contributed by atoms with E-state index in [-0.39, 0.29) is 0 Å². The van der Waals surface area contributed by atoms with Crippen molar-refractivity contribution in [2.45, 2.75) is 25.3 Å². The van der Waals surface area contributed by atoms with Gasteiger partial charge in [-0.2, -0.15) is 0 Å². The van der Waals surface area contributed by atoms with E-state index in [0.29, 0.717) is 23.3 Å². The lowest BCUT2D eigenvalue weighted by atomic mass is 10.0. The molecule has 2 aromatic rings. The van der Waals surface area contributed by atoms with E-state index < -0.39 is 6.09 Å². The molecule has 0 aromatic heterocycles. The topological polar surface area (TPSA) is 43.8 Å². The first kappa shape index (κ1) is 17.8. The second-order valence-corrected chi connectivity index (χ2v) is 6.96. The summed E-state index contributed by atoms with van der Waals surface area (Å²) in [4.78, 5) is 15.7. The first-order valence-electron chi connectivity index (χ1n) is 8.62. The molecule has 1 aliphatic rings. The van der Waals surface area contributed by atoms with E-state index in [4.69, 9.17) is 11.6 Å². The third-order valence-corrected chi connectivity index (χ3v) is 5.15. The third kappa shape index (κ3) is 4.14. The Balaban J connectivity index is 1.88. The van der Waals surface area contributed by atoms with Crippen LogP contribution < -0.4 is 4.90 Å². The first-order valence-corrected chi connectivity index (χ1v) is 8.99. The molecule has 132 valence electrons. The molecule has 1 aliphatic heterocycles. The van der Waals surface area contributed by atoms with Crippen molar-refractivity contribution in [2.75, 3.05) is 25.0 Å². The number of rotatable bonds is 5. The molecule has 0 aliphatic carbocycles. The zero-order chi connectivity index (χ0) is 17.8. The smallest absolute Gasteiger partial charge is 0.411 e. The van der Waals surface area contributed by atoms with Gasteiger partial charge in [-0.1, -0.05) is 41.9 Å². The minimum atomic E-state index is -0.921. The Morgan fingerprint density at radius 1 is 1.28 bits per heavy atom. The largest absolute Gasteiger partial charge is 0.465 e. The Hall–Kier alpha value is -2.04. The molecule has 5 heteroatoms. The van der Waals surface area contributed by atoms with Crippen molar-refractivity contribution in [2.24, 2.45) is 0 Å². The van der Waals surface area contributed by atoms with Crippen molar-refractivity contribution >= 4 is 23.4 Å². The molecular weight excluding hydrogens is 336 g/mol. The van der Waals surface area contributed by atoms with E-state index in [2.05, 4.69) is 11.9 Å². The number of hydrogen-bond donors (Lipinski definition) is 1. The standard InChI is InChI=1S/C20H23ClN2O2/c1-22-12-5-8-17(22)11-13-23(20(24)25)19-10-3-2-9-18(19)15-6-4-7-16(21)14-15/h2-4,6-7,9-10,14,17H,5,8,11-13H2,1H3,(H,24,25). The predicted octanol–water partition coefficient (Wildman–Crippen LogP) is 4.98. The highest BCUT2D eigenvalue weighted by Gasteiger charge is 2.24. The van der Waals surface area contributed by atoms with E-state index in [1.54, 1.807) is 0 Å². The minimum absolute atomic E-state index is 0.459. The quantitative estimate of drug-likeness (QED) is 0.820. The van der Waals surface area contributed by atoms with Crippen molar-refractivity contribution < 1.29 is 9.90 Å². The maximum absolute atomic E-state index is 11.9. The van der Waals surface area contributed by atoms with Crippen molar-refractivity contribution in [3.8, 4) is 11.1 Å². The molecule has 4 nitrogen and oxygen atoms in total. The number of carbonyl (C=O) groups is 1. The summed E-state index contributed by atoms with van der Waals surface area (Å²) in [6, 6.07) is 15.6. The molecule has 3 rings (SSSR count). The monoisotopic (exact) mass is 358 g/mol. The van der Waals surface area contributed by atoms with Gasteiger partial charge in [0, 0.05) is 23.2 Å². The molecule has 1 saturated heterocycles. The van der Waals surface area contributed by atoms with E-state index >= 15 is 0 Å². The molecular formula is C20H23ClN2O2. The van der Waals surface area contributed by atoms with Crippen LogP contribution in [0.25, 0.3) is 11.1 Å². The highest BCUT2D eigenvalue weighted by molar-refractivity contribution is 6.30. The second-order valence-electron chi connectivity index (χ2n) is 6.53. The van der Waals surface area contributed by atoms with Gasteiger partial charge in [-0.15, -0.1) is 0 Å². The van der Waals surface area contributed by atoms with Crippen molar-refractivity contribution in [3.63, 3.8) is 0 Å². The first-order chi connectivity index (χ1) is 12.1. The molecule has 25 heavy (non-hydrogen) atoms. The Labute approximate surface area is 153 Å². The molecule has 0 spiro atoms. The van der Waals surface area contributed by atoms with Crippen molar-refractivity contribution in [1.82, 2.24) is 4.90 Å². The van der Waals surface area contributed by atoms with Gasteiger partial charge in [0.2, 0.25) is 0 Å². The molecule has 1 heterocycles. The van der Waals surface area contributed by atoms with Gasteiger partial charge in [0.1, 0.15) is 0 Å². The summed E-state index contributed by atoms with van der Waals surface area (Å²) in [5, 5.41) is 10.4. The normalized spacial score (nSPS) is 17.6. The average molecular weight is 359 g/mol. The van der Waals surface area contributed by atoms with Crippen LogP contribution in [0.4, 0.5) is 10.5 Å². The molecule has 0 saturated carbocycles. The highest BCUT2D eigenvalue weighted by atomic mass is 35.5. The van der Waals surface area contributed by atoms with Crippen molar-refractivity contribution in [3.05, 3.63) is 53.6 Å². The lowest BCUT2D eigenvalue weighted by Gasteiger charge is -2.26. The number of halogens is 1. The number of carboxylic acid groups (broad SMARTS) is 1. The van der Waals surface area contributed by atoms with Gasteiger partial charge >= 0.3 is 6.09 Å². The minimum Gasteiger partial charge on any atom is -0.465 e. The Morgan fingerprint density at radius 3 is 2.76 bits per heavy atom. The summed E-state index contributed by atoms with van der Waals surface area (Å²) in [7, 11) is 2.11. The SMILES string of the molecule is CN1CCCC1CCN(C(=O)O)c1ccccc1-c1cccc(Cl)c1. The summed E-state index contributed by atoms with van der Waals surface area (Å²) >= 11 is 6.12. The van der Waals surface area contributed by atoms with Crippen LogP contribution in [0.2, 0.25) is 5.02 Å². The maximum atomic E-state index is 11.9. The van der Waals surface area contributed by atoms with Crippen LogP contribution in [0.15, 0.2) is 48.5 Å². The van der Waals surface area contributed by atoms with Gasteiger partial charge in [-0.05, 0) is 56.6 Å². The predicted molar refractivity (Wildman–Crippen MR) is 103 cm³/mol. The number of hydrogen-bond acceptors (Lipinski definition) is 2. The van der Waals surface area contributed by atoms with Crippen LogP contribution in [0.1, 0.15) is 19.3 Å². The number of benzene rings is 2. The van der Waals surface area contributed by atoms with E-state index in [1.165, 1.54) is 11.3 Å². The Bertz CT molecular complexity index is 750. The summed E-state index contributed by atoms with van der Waals surface area (Å²) in [5.74, 6) is 0. The molecule has 2 aromatic carbocycles. The molecule has 0 bridgehead atoms. The van der Waals surface area contributed by atoms with Crippen molar-refractivity contribution in [1.29, 1.82) is 0 Å². The molecule has 1 unspecified atom stereocenters. The van der Waals surface area contributed by atoms with Crippen LogP contribution in [-0.2, 0) is 0 Å². The van der Waals surface area contributed by atoms with Gasteiger partial charge in [0.05, 0.1) is 5.69 Å². The van der Waals surface area contributed by atoms with Crippen LogP contribution in [0.5, 0.6) is 0 Å². The summed E-state index contributed by atoms with van der Waals surface area (Å²) in [5.41, 5.74) is 2.51. The van der Waals surface area contributed by atoms with Gasteiger partial charge in [0.25, 0.3) is 0 Å². The number of nitrogens with zero attached hydrogens (tertiary/aromatic N) is 2. The summed E-state index contributed by atoms with van der Waals surface area (Å²) in [6.07, 6.45) is 2.25. The van der Waals surface area contributed by atoms with Crippen LogP contribution in [-0.4, -0.2) is 42.3 Å².